The van der Waals surface area contributed by atoms with Gasteiger partial charge in [0, 0.05) is 36.3 Å². The molecule has 24 heavy (non-hydrogen) atoms. The molecular formula is C18H16N4O2. The Labute approximate surface area is 139 Å². The van der Waals surface area contributed by atoms with Crippen molar-refractivity contribution in [1.29, 1.82) is 0 Å². The highest BCUT2D eigenvalue weighted by Crippen LogP contribution is 2.16. The number of rotatable bonds is 4. The third-order valence-corrected chi connectivity index (χ3v) is 3.34. The van der Waals surface area contributed by atoms with E-state index in [1.807, 2.05) is 24.4 Å². The number of aromatic nitrogens is 2. The van der Waals surface area contributed by atoms with Crippen LogP contribution in [-0.2, 0) is 4.79 Å². The highest BCUT2D eigenvalue weighted by molar-refractivity contribution is 6.04. The molecule has 2 aromatic carbocycles. The summed E-state index contributed by atoms with van der Waals surface area (Å²) in [6.07, 6.45) is 3.50. The second kappa shape index (κ2) is 6.78. The van der Waals surface area contributed by atoms with Gasteiger partial charge in [-0.05, 0) is 48.5 Å². The zero-order valence-corrected chi connectivity index (χ0v) is 13.1. The molecule has 0 bridgehead atoms. The van der Waals surface area contributed by atoms with Crippen molar-refractivity contribution in [2.45, 2.75) is 6.92 Å². The van der Waals surface area contributed by atoms with Crippen LogP contribution in [0.15, 0.2) is 67.0 Å². The van der Waals surface area contributed by atoms with E-state index in [0.717, 1.165) is 5.69 Å². The highest BCUT2D eigenvalue weighted by Gasteiger charge is 2.08. The molecule has 0 spiro atoms. The van der Waals surface area contributed by atoms with Crippen molar-refractivity contribution in [2.75, 3.05) is 10.6 Å². The lowest BCUT2D eigenvalue weighted by atomic mass is 10.2. The summed E-state index contributed by atoms with van der Waals surface area (Å²) >= 11 is 0. The van der Waals surface area contributed by atoms with Crippen molar-refractivity contribution in [3.8, 4) is 5.69 Å². The molecule has 0 radical (unpaired) electrons. The number of amides is 2. The third-order valence-electron chi connectivity index (χ3n) is 3.34. The van der Waals surface area contributed by atoms with Gasteiger partial charge in [0.1, 0.15) is 0 Å². The Morgan fingerprint density at radius 3 is 2.29 bits per heavy atom. The topological polar surface area (TPSA) is 76.0 Å². The zero-order valence-electron chi connectivity index (χ0n) is 13.1. The molecule has 0 fully saturated rings. The molecule has 6 heteroatoms. The number of anilines is 2. The first-order valence-electron chi connectivity index (χ1n) is 7.41. The SMILES string of the molecule is CC(=O)Nc1ccc(NC(=O)c2cccc(-n3cccn3)c2)cc1. The minimum absolute atomic E-state index is 0.137. The summed E-state index contributed by atoms with van der Waals surface area (Å²) in [5.41, 5.74) is 2.68. The van der Waals surface area contributed by atoms with Gasteiger partial charge in [0.2, 0.25) is 5.91 Å². The second-order valence-electron chi connectivity index (χ2n) is 5.21. The van der Waals surface area contributed by atoms with Crippen molar-refractivity contribution in [1.82, 2.24) is 9.78 Å². The summed E-state index contributed by atoms with van der Waals surface area (Å²) < 4.78 is 1.69. The second-order valence-corrected chi connectivity index (χ2v) is 5.21. The molecule has 0 atom stereocenters. The molecule has 0 aliphatic heterocycles. The Hall–Kier alpha value is -3.41. The van der Waals surface area contributed by atoms with Crippen molar-refractivity contribution in [3.05, 3.63) is 72.6 Å². The Kier molecular flexibility index (Phi) is 4.38. The number of nitrogens with one attached hydrogen (secondary N) is 2. The summed E-state index contributed by atoms with van der Waals surface area (Å²) in [5, 5.41) is 9.66. The van der Waals surface area contributed by atoms with Gasteiger partial charge in [-0.25, -0.2) is 4.68 Å². The largest absolute Gasteiger partial charge is 0.326 e. The van der Waals surface area contributed by atoms with Gasteiger partial charge in [-0.3, -0.25) is 9.59 Å². The standard InChI is InChI=1S/C18H16N4O2/c1-13(23)20-15-6-8-16(9-7-15)21-18(24)14-4-2-5-17(12-14)22-11-3-10-19-22/h2-12H,1H3,(H,20,23)(H,21,24). The number of carbonyl (C=O) groups excluding carboxylic acids is 2. The van der Waals surface area contributed by atoms with Crippen LogP contribution in [-0.4, -0.2) is 21.6 Å². The summed E-state index contributed by atoms with van der Waals surface area (Å²) in [6, 6.07) is 16.0. The van der Waals surface area contributed by atoms with Crippen molar-refractivity contribution in [2.24, 2.45) is 0 Å². The maximum Gasteiger partial charge on any atom is 0.255 e. The molecule has 120 valence electrons. The Balaban J connectivity index is 1.73. The maximum atomic E-state index is 12.4. The van der Waals surface area contributed by atoms with Crippen LogP contribution in [0.1, 0.15) is 17.3 Å². The number of hydrogen-bond donors (Lipinski definition) is 2. The fraction of sp³-hybridized carbons (Fsp3) is 0.0556. The van der Waals surface area contributed by atoms with Gasteiger partial charge in [-0.2, -0.15) is 5.10 Å². The van der Waals surface area contributed by atoms with E-state index >= 15 is 0 Å². The summed E-state index contributed by atoms with van der Waals surface area (Å²) in [5.74, 6) is -0.349. The lowest BCUT2D eigenvalue weighted by Crippen LogP contribution is -2.12. The van der Waals surface area contributed by atoms with Crippen LogP contribution in [0.4, 0.5) is 11.4 Å². The van der Waals surface area contributed by atoms with Crippen LogP contribution in [0.2, 0.25) is 0 Å². The molecule has 0 saturated carbocycles. The molecule has 0 aliphatic carbocycles. The van der Waals surface area contributed by atoms with Gasteiger partial charge in [0.15, 0.2) is 0 Å². The lowest BCUT2D eigenvalue weighted by molar-refractivity contribution is -0.114. The maximum absolute atomic E-state index is 12.4. The molecule has 2 amide bonds. The van der Waals surface area contributed by atoms with E-state index in [9.17, 15) is 9.59 Å². The van der Waals surface area contributed by atoms with Crippen LogP contribution in [0.5, 0.6) is 0 Å². The first kappa shape index (κ1) is 15.5. The predicted molar refractivity (Wildman–Crippen MR) is 92.3 cm³/mol. The summed E-state index contributed by atoms with van der Waals surface area (Å²) in [4.78, 5) is 23.4. The fourth-order valence-corrected chi connectivity index (χ4v) is 2.25. The van der Waals surface area contributed by atoms with Gasteiger partial charge in [-0.15, -0.1) is 0 Å². The number of hydrogen-bond acceptors (Lipinski definition) is 3. The first-order valence-corrected chi connectivity index (χ1v) is 7.41. The van der Waals surface area contributed by atoms with Crippen LogP contribution in [0.3, 0.4) is 0 Å². The lowest BCUT2D eigenvalue weighted by Gasteiger charge is -2.08. The van der Waals surface area contributed by atoms with Gasteiger partial charge < -0.3 is 10.6 Å². The van der Waals surface area contributed by atoms with Crippen LogP contribution >= 0.6 is 0 Å². The van der Waals surface area contributed by atoms with E-state index < -0.39 is 0 Å². The zero-order chi connectivity index (χ0) is 16.9. The molecule has 1 heterocycles. The van der Waals surface area contributed by atoms with E-state index in [0.29, 0.717) is 16.9 Å². The van der Waals surface area contributed by atoms with Gasteiger partial charge in [-0.1, -0.05) is 6.07 Å². The summed E-state index contributed by atoms with van der Waals surface area (Å²) in [6.45, 7) is 1.45. The van der Waals surface area contributed by atoms with E-state index in [1.54, 1.807) is 47.3 Å². The van der Waals surface area contributed by atoms with Crippen molar-refractivity contribution >= 4 is 23.2 Å². The van der Waals surface area contributed by atoms with E-state index in [1.165, 1.54) is 6.92 Å². The monoisotopic (exact) mass is 320 g/mol. The molecule has 0 aliphatic rings. The Bertz CT molecular complexity index is 855. The minimum Gasteiger partial charge on any atom is -0.326 e. The van der Waals surface area contributed by atoms with Crippen molar-refractivity contribution in [3.63, 3.8) is 0 Å². The average Bonchev–Trinajstić information content (AvgIpc) is 3.11. The van der Waals surface area contributed by atoms with Crippen LogP contribution in [0, 0.1) is 0 Å². The Morgan fingerprint density at radius 1 is 0.958 bits per heavy atom. The van der Waals surface area contributed by atoms with E-state index in [-0.39, 0.29) is 11.8 Å². The fourth-order valence-electron chi connectivity index (χ4n) is 2.25. The molecule has 3 aromatic rings. The molecule has 6 nitrogen and oxygen atoms in total. The van der Waals surface area contributed by atoms with Crippen LogP contribution in [0.25, 0.3) is 5.69 Å². The molecule has 0 unspecified atom stereocenters. The van der Waals surface area contributed by atoms with Crippen LogP contribution < -0.4 is 10.6 Å². The third kappa shape index (κ3) is 3.67. The Morgan fingerprint density at radius 2 is 1.67 bits per heavy atom. The quantitative estimate of drug-likeness (QED) is 0.775. The number of nitrogens with zero attached hydrogens (tertiary/aromatic N) is 2. The molecule has 3 rings (SSSR count). The van der Waals surface area contributed by atoms with Gasteiger partial charge in [0.05, 0.1) is 5.69 Å². The first-order chi connectivity index (χ1) is 11.6. The normalized spacial score (nSPS) is 10.2. The number of benzene rings is 2. The van der Waals surface area contributed by atoms with Gasteiger partial charge in [0.25, 0.3) is 5.91 Å². The van der Waals surface area contributed by atoms with E-state index in [4.69, 9.17) is 0 Å². The predicted octanol–water partition coefficient (Wildman–Crippen LogP) is 3.08. The average molecular weight is 320 g/mol. The minimum atomic E-state index is -0.212. The molecule has 1 aromatic heterocycles. The van der Waals surface area contributed by atoms with Crippen molar-refractivity contribution < 1.29 is 9.59 Å². The van der Waals surface area contributed by atoms with Gasteiger partial charge >= 0.3 is 0 Å². The molecule has 2 N–H and O–H groups in total. The smallest absolute Gasteiger partial charge is 0.255 e. The summed E-state index contributed by atoms with van der Waals surface area (Å²) in [7, 11) is 0. The highest BCUT2D eigenvalue weighted by atomic mass is 16.2. The molecule has 0 saturated heterocycles. The van der Waals surface area contributed by atoms with E-state index in [2.05, 4.69) is 15.7 Å². The molecular weight excluding hydrogens is 304 g/mol. The number of carbonyl (C=O) groups is 2.